The van der Waals surface area contributed by atoms with E-state index in [-0.39, 0.29) is 5.84 Å². The summed E-state index contributed by atoms with van der Waals surface area (Å²) in [5, 5.41) is 19.3. The first kappa shape index (κ1) is 7.50. The lowest BCUT2D eigenvalue weighted by atomic mass is 10.0. The summed E-state index contributed by atoms with van der Waals surface area (Å²) >= 11 is 0. The molecule has 5 N–H and O–H groups in total. The van der Waals surface area contributed by atoms with E-state index in [0.717, 1.165) is 19.4 Å². The molecule has 58 valence electrons. The third-order valence-electron chi connectivity index (χ3n) is 1.83. The van der Waals surface area contributed by atoms with Crippen molar-refractivity contribution in [3.63, 3.8) is 0 Å². The van der Waals surface area contributed by atoms with Gasteiger partial charge < -0.3 is 10.8 Å². The molecule has 10 heavy (non-hydrogen) atoms. The lowest BCUT2D eigenvalue weighted by Gasteiger charge is -2.31. The van der Waals surface area contributed by atoms with Gasteiger partial charge in [0.05, 0.1) is 0 Å². The van der Waals surface area contributed by atoms with Crippen LogP contribution in [-0.2, 0) is 0 Å². The van der Waals surface area contributed by atoms with Crippen LogP contribution < -0.4 is 11.1 Å². The molecular formula is C6H13N3O. The zero-order chi connectivity index (χ0) is 7.61. The summed E-state index contributed by atoms with van der Waals surface area (Å²) in [6, 6.07) is 0. The third-order valence-corrected chi connectivity index (χ3v) is 1.83. The van der Waals surface area contributed by atoms with Gasteiger partial charge in [-0.05, 0) is 25.8 Å². The molecule has 1 saturated heterocycles. The van der Waals surface area contributed by atoms with Crippen molar-refractivity contribution in [3.8, 4) is 0 Å². The van der Waals surface area contributed by atoms with Gasteiger partial charge in [-0.1, -0.05) is 0 Å². The number of piperidine rings is 1. The standard InChI is InChI=1S/C6H13N3O/c7-5(8)6(10)3-1-2-4-9-6/h9-10H,1-4H2,(H3,7,8). The Morgan fingerprint density at radius 3 is 2.60 bits per heavy atom. The zero-order valence-corrected chi connectivity index (χ0v) is 5.85. The predicted octanol–water partition coefficient (Wildman–Crippen LogP) is -0.616. The van der Waals surface area contributed by atoms with E-state index in [1.54, 1.807) is 0 Å². The molecule has 4 heteroatoms. The normalized spacial score (nSPS) is 33.7. The van der Waals surface area contributed by atoms with Crippen LogP contribution >= 0.6 is 0 Å². The van der Waals surface area contributed by atoms with Crippen molar-refractivity contribution in [1.29, 1.82) is 5.41 Å². The van der Waals surface area contributed by atoms with Crippen LogP contribution in [0.2, 0.25) is 0 Å². The van der Waals surface area contributed by atoms with Crippen LogP contribution in [0.4, 0.5) is 0 Å². The predicted molar refractivity (Wildman–Crippen MR) is 38.7 cm³/mol. The van der Waals surface area contributed by atoms with Gasteiger partial charge in [0.15, 0.2) is 5.72 Å². The maximum absolute atomic E-state index is 9.49. The van der Waals surface area contributed by atoms with Crippen molar-refractivity contribution in [2.45, 2.75) is 25.0 Å². The second-order valence-electron chi connectivity index (χ2n) is 2.66. The van der Waals surface area contributed by atoms with Crippen molar-refractivity contribution in [3.05, 3.63) is 0 Å². The van der Waals surface area contributed by atoms with Crippen molar-refractivity contribution in [1.82, 2.24) is 5.32 Å². The van der Waals surface area contributed by atoms with Crippen LogP contribution in [0.15, 0.2) is 0 Å². The summed E-state index contributed by atoms with van der Waals surface area (Å²) in [6.07, 6.45) is 2.54. The largest absolute Gasteiger partial charge is 0.384 e. The fourth-order valence-electron chi connectivity index (χ4n) is 1.12. The van der Waals surface area contributed by atoms with Crippen molar-refractivity contribution in [2.75, 3.05) is 6.54 Å². The van der Waals surface area contributed by atoms with Crippen LogP contribution in [0.5, 0.6) is 0 Å². The minimum Gasteiger partial charge on any atom is -0.384 e. The van der Waals surface area contributed by atoms with E-state index in [1.807, 2.05) is 0 Å². The summed E-state index contributed by atoms with van der Waals surface area (Å²) in [5.41, 5.74) is 3.96. The summed E-state index contributed by atoms with van der Waals surface area (Å²) < 4.78 is 0. The van der Waals surface area contributed by atoms with Crippen molar-refractivity contribution in [2.24, 2.45) is 5.73 Å². The molecule has 1 heterocycles. The van der Waals surface area contributed by atoms with Gasteiger partial charge in [-0.25, -0.2) is 0 Å². The zero-order valence-electron chi connectivity index (χ0n) is 5.85. The van der Waals surface area contributed by atoms with Gasteiger partial charge in [0.25, 0.3) is 0 Å². The first-order valence-corrected chi connectivity index (χ1v) is 3.47. The van der Waals surface area contributed by atoms with Gasteiger partial charge in [0.2, 0.25) is 0 Å². The average molecular weight is 143 g/mol. The van der Waals surface area contributed by atoms with E-state index in [4.69, 9.17) is 11.1 Å². The summed E-state index contributed by atoms with van der Waals surface area (Å²) in [6.45, 7) is 0.746. The summed E-state index contributed by atoms with van der Waals surface area (Å²) in [7, 11) is 0. The monoisotopic (exact) mass is 143 g/mol. The van der Waals surface area contributed by atoms with Crippen LogP contribution in [0.3, 0.4) is 0 Å². The molecule has 1 fully saturated rings. The fraction of sp³-hybridized carbons (Fsp3) is 0.833. The molecule has 0 saturated carbocycles. The van der Waals surface area contributed by atoms with Crippen LogP contribution in [0, 0.1) is 5.41 Å². The molecule has 0 amide bonds. The van der Waals surface area contributed by atoms with E-state index in [2.05, 4.69) is 5.32 Å². The molecule has 4 nitrogen and oxygen atoms in total. The number of amidine groups is 1. The molecule has 0 aliphatic carbocycles. The Bertz CT molecular complexity index is 140. The lowest BCUT2D eigenvalue weighted by molar-refractivity contribution is 0.0459. The van der Waals surface area contributed by atoms with Crippen molar-refractivity contribution >= 4 is 5.84 Å². The number of rotatable bonds is 1. The molecule has 0 bridgehead atoms. The topological polar surface area (TPSA) is 82.1 Å². The SMILES string of the molecule is N=C(N)C1(O)CCCCN1. The van der Waals surface area contributed by atoms with E-state index in [0.29, 0.717) is 6.42 Å². The fourth-order valence-corrected chi connectivity index (χ4v) is 1.12. The van der Waals surface area contributed by atoms with Gasteiger partial charge in [0.1, 0.15) is 5.84 Å². The first-order valence-electron chi connectivity index (χ1n) is 3.47. The first-order chi connectivity index (χ1) is 4.65. The van der Waals surface area contributed by atoms with Gasteiger partial charge in [-0.15, -0.1) is 0 Å². The smallest absolute Gasteiger partial charge is 0.173 e. The summed E-state index contributed by atoms with van der Waals surface area (Å²) in [5.74, 6) is -0.174. The van der Waals surface area contributed by atoms with Crippen LogP contribution in [0.1, 0.15) is 19.3 Å². The maximum Gasteiger partial charge on any atom is 0.173 e. The summed E-state index contributed by atoms with van der Waals surface area (Å²) in [4.78, 5) is 0. The van der Waals surface area contributed by atoms with E-state index in [9.17, 15) is 5.11 Å². The second kappa shape index (κ2) is 2.56. The van der Waals surface area contributed by atoms with Gasteiger partial charge in [0, 0.05) is 0 Å². The minimum absolute atomic E-state index is 0.174. The minimum atomic E-state index is -1.21. The van der Waals surface area contributed by atoms with Crippen molar-refractivity contribution < 1.29 is 5.11 Å². The molecule has 1 atom stereocenters. The molecular weight excluding hydrogens is 130 g/mol. The third kappa shape index (κ3) is 1.27. The van der Waals surface area contributed by atoms with E-state index in [1.165, 1.54) is 0 Å². The highest BCUT2D eigenvalue weighted by atomic mass is 16.3. The Kier molecular flexibility index (Phi) is 1.92. The number of hydrogen-bond donors (Lipinski definition) is 4. The lowest BCUT2D eigenvalue weighted by Crippen LogP contribution is -2.57. The van der Waals surface area contributed by atoms with Crippen LogP contribution in [-0.4, -0.2) is 23.2 Å². The maximum atomic E-state index is 9.49. The average Bonchev–Trinajstić information content (AvgIpc) is 1.89. The Hall–Kier alpha value is -0.610. The molecule has 1 unspecified atom stereocenters. The second-order valence-corrected chi connectivity index (χ2v) is 2.66. The Morgan fingerprint density at radius 2 is 2.30 bits per heavy atom. The van der Waals surface area contributed by atoms with Gasteiger partial charge in [-0.2, -0.15) is 0 Å². The number of aliphatic hydroxyl groups is 1. The Labute approximate surface area is 59.9 Å². The molecule has 0 aromatic rings. The highest BCUT2D eigenvalue weighted by Gasteiger charge is 2.31. The molecule has 0 radical (unpaired) electrons. The molecule has 0 aromatic heterocycles. The molecule has 0 spiro atoms. The van der Waals surface area contributed by atoms with E-state index < -0.39 is 5.72 Å². The number of hydrogen-bond acceptors (Lipinski definition) is 3. The molecule has 1 rings (SSSR count). The van der Waals surface area contributed by atoms with Crippen LogP contribution in [0.25, 0.3) is 0 Å². The highest BCUT2D eigenvalue weighted by molar-refractivity contribution is 5.85. The number of nitrogens with one attached hydrogen (secondary N) is 2. The Morgan fingerprint density at radius 1 is 1.60 bits per heavy atom. The Balaban J connectivity index is 2.56. The van der Waals surface area contributed by atoms with E-state index >= 15 is 0 Å². The van der Waals surface area contributed by atoms with Gasteiger partial charge in [-0.3, -0.25) is 10.7 Å². The molecule has 0 aromatic carbocycles. The highest BCUT2D eigenvalue weighted by Crippen LogP contribution is 2.15. The molecule has 1 aliphatic rings. The van der Waals surface area contributed by atoms with Gasteiger partial charge >= 0.3 is 0 Å². The quantitative estimate of drug-likeness (QED) is 0.292. The molecule has 1 aliphatic heterocycles. The number of nitrogens with two attached hydrogens (primary N) is 1.